The first-order valence-corrected chi connectivity index (χ1v) is 4.71. The molecular formula is C10H11N4O. The van der Waals surface area contributed by atoms with Crippen LogP contribution in [-0.4, -0.2) is 7.11 Å². The van der Waals surface area contributed by atoms with Gasteiger partial charge in [-0.1, -0.05) is 13.0 Å². The lowest BCUT2D eigenvalue weighted by Gasteiger charge is -2.17. The van der Waals surface area contributed by atoms with Crippen molar-refractivity contribution in [2.75, 3.05) is 7.11 Å². The third-order valence-corrected chi connectivity index (χ3v) is 2.42. The molecule has 0 N–H and O–H groups in total. The Bertz CT molecular complexity index is 384. The van der Waals surface area contributed by atoms with Gasteiger partial charge in [0.05, 0.1) is 7.11 Å². The van der Waals surface area contributed by atoms with Gasteiger partial charge in [-0.25, -0.2) is 0 Å². The van der Waals surface area contributed by atoms with Gasteiger partial charge >= 0.3 is 0 Å². The molecule has 1 radical (unpaired) electrons. The molecule has 1 heterocycles. The molecule has 0 atom stereocenters. The molecule has 1 aliphatic rings. The number of rotatable bonds is 3. The second-order valence-corrected chi connectivity index (χ2v) is 3.19. The monoisotopic (exact) mass is 203 g/mol. The molecule has 5 nitrogen and oxygen atoms in total. The smallest absolute Gasteiger partial charge is 0.219 e. The second kappa shape index (κ2) is 3.76. The number of benzene rings is 1. The third kappa shape index (κ3) is 1.60. The first-order chi connectivity index (χ1) is 7.30. The molecular weight excluding hydrogens is 192 g/mol. The van der Waals surface area contributed by atoms with Gasteiger partial charge in [0.15, 0.2) is 0 Å². The number of methoxy groups -OCH3 is 1. The Hall–Kier alpha value is -1.78. The number of ether oxygens (including phenoxy) is 1. The zero-order valence-electron chi connectivity index (χ0n) is 8.64. The van der Waals surface area contributed by atoms with Crippen molar-refractivity contribution < 1.29 is 4.74 Å². The molecule has 0 aromatic heterocycles. The summed E-state index contributed by atoms with van der Waals surface area (Å²) in [4.78, 5) is 0. The summed E-state index contributed by atoms with van der Waals surface area (Å²) in [7, 11) is 1.61. The highest BCUT2D eigenvalue weighted by Crippen LogP contribution is 2.35. The van der Waals surface area contributed by atoms with E-state index in [-0.39, 0.29) is 0 Å². The van der Waals surface area contributed by atoms with E-state index in [1.807, 2.05) is 25.1 Å². The minimum Gasteiger partial charge on any atom is -0.496 e. The van der Waals surface area contributed by atoms with Crippen LogP contribution in [0, 0.1) is 6.07 Å². The summed E-state index contributed by atoms with van der Waals surface area (Å²) in [5.41, 5.74) is 0.277. The van der Waals surface area contributed by atoms with E-state index in [2.05, 4.69) is 26.7 Å². The van der Waals surface area contributed by atoms with Gasteiger partial charge in [0.25, 0.3) is 0 Å². The van der Waals surface area contributed by atoms with Crippen LogP contribution in [0.5, 0.6) is 5.75 Å². The molecule has 0 saturated carbocycles. The summed E-state index contributed by atoms with van der Waals surface area (Å²) in [6.45, 7) is 1.99. The quantitative estimate of drug-likeness (QED) is 0.745. The van der Waals surface area contributed by atoms with Gasteiger partial charge < -0.3 is 4.74 Å². The summed E-state index contributed by atoms with van der Waals surface area (Å²) >= 11 is 0. The fourth-order valence-electron chi connectivity index (χ4n) is 1.46. The van der Waals surface area contributed by atoms with Crippen molar-refractivity contribution in [3.8, 4) is 5.75 Å². The number of hydrogen-bond donors (Lipinski definition) is 0. The van der Waals surface area contributed by atoms with Crippen molar-refractivity contribution in [3.05, 3.63) is 29.8 Å². The topological polar surface area (TPSA) is 58.7 Å². The van der Waals surface area contributed by atoms with E-state index in [4.69, 9.17) is 4.74 Å². The lowest BCUT2D eigenvalue weighted by molar-refractivity contribution is 0.411. The molecule has 0 bridgehead atoms. The van der Waals surface area contributed by atoms with Crippen molar-refractivity contribution in [1.82, 2.24) is 0 Å². The van der Waals surface area contributed by atoms with Crippen LogP contribution in [0.2, 0.25) is 0 Å². The van der Waals surface area contributed by atoms with Gasteiger partial charge in [-0.2, -0.15) is 0 Å². The summed E-state index contributed by atoms with van der Waals surface area (Å²) in [6.07, 6.45) is 0.722. The van der Waals surface area contributed by atoms with Crippen LogP contribution < -0.4 is 4.74 Å². The highest BCUT2D eigenvalue weighted by Gasteiger charge is 2.33. The van der Waals surface area contributed by atoms with Crippen LogP contribution in [0.3, 0.4) is 0 Å². The lowest BCUT2D eigenvalue weighted by Crippen LogP contribution is -2.16. The van der Waals surface area contributed by atoms with Gasteiger partial charge in [0.2, 0.25) is 5.66 Å². The zero-order valence-corrected chi connectivity index (χ0v) is 8.64. The molecule has 15 heavy (non-hydrogen) atoms. The van der Waals surface area contributed by atoms with Crippen LogP contribution in [0.1, 0.15) is 18.9 Å². The Labute approximate surface area is 87.9 Å². The maximum absolute atomic E-state index is 5.03. The number of nitrogens with zero attached hydrogens (tertiary/aromatic N) is 4. The van der Waals surface area contributed by atoms with Crippen molar-refractivity contribution >= 4 is 0 Å². The Morgan fingerprint density at radius 2 is 2.07 bits per heavy atom. The highest BCUT2D eigenvalue weighted by molar-refractivity contribution is 5.30. The largest absolute Gasteiger partial charge is 0.496 e. The van der Waals surface area contributed by atoms with Gasteiger partial charge in [-0.05, 0) is 29.0 Å². The maximum Gasteiger partial charge on any atom is 0.219 e. The second-order valence-electron chi connectivity index (χ2n) is 3.19. The molecule has 1 aromatic carbocycles. The van der Waals surface area contributed by atoms with Gasteiger partial charge in [0, 0.05) is 11.6 Å². The van der Waals surface area contributed by atoms with E-state index in [1.54, 1.807) is 7.11 Å². The van der Waals surface area contributed by atoms with Crippen LogP contribution in [-0.2, 0) is 5.66 Å². The summed E-state index contributed by atoms with van der Waals surface area (Å²) in [5, 5.41) is 15.2. The van der Waals surface area contributed by atoms with E-state index in [9.17, 15) is 0 Å². The van der Waals surface area contributed by atoms with Gasteiger partial charge in [0.1, 0.15) is 5.75 Å². The molecule has 0 unspecified atom stereocenters. The molecule has 0 saturated heterocycles. The molecule has 1 aromatic rings. The minimum atomic E-state index is -0.650. The maximum atomic E-state index is 5.03. The SMILES string of the molecule is CCC1(c2c[c]c(OC)cc2)N=NN=N1. The predicted octanol–water partition coefficient (Wildman–Crippen LogP) is 2.89. The normalized spacial score (nSPS) is 16.9. The van der Waals surface area contributed by atoms with Crippen LogP contribution in [0.15, 0.2) is 38.9 Å². The van der Waals surface area contributed by atoms with Gasteiger partial charge in [-0.3, -0.25) is 0 Å². The van der Waals surface area contributed by atoms with Crippen molar-refractivity contribution in [2.24, 2.45) is 20.7 Å². The first kappa shape index (κ1) is 9.76. The van der Waals surface area contributed by atoms with Crippen molar-refractivity contribution in [2.45, 2.75) is 19.0 Å². The van der Waals surface area contributed by atoms with Crippen LogP contribution in [0.25, 0.3) is 0 Å². The van der Waals surface area contributed by atoms with E-state index >= 15 is 0 Å². The Balaban J connectivity index is 2.36. The van der Waals surface area contributed by atoms with Crippen LogP contribution in [0.4, 0.5) is 0 Å². The molecule has 1 aliphatic heterocycles. The standard InChI is InChI=1S/C10H11N4O/c1-3-10(11-13-14-12-10)8-4-6-9(15-2)7-5-8/h4-6H,3H2,1-2H3. The van der Waals surface area contributed by atoms with E-state index in [0.717, 1.165) is 12.0 Å². The summed E-state index contributed by atoms with van der Waals surface area (Å²) in [6, 6.07) is 8.54. The molecule has 0 fully saturated rings. The van der Waals surface area contributed by atoms with Crippen molar-refractivity contribution in [3.63, 3.8) is 0 Å². The van der Waals surface area contributed by atoms with E-state index in [0.29, 0.717) is 5.75 Å². The van der Waals surface area contributed by atoms with Gasteiger partial charge in [-0.15, -0.1) is 10.2 Å². The molecule has 77 valence electrons. The average molecular weight is 203 g/mol. The third-order valence-electron chi connectivity index (χ3n) is 2.42. The minimum absolute atomic E-state index is 0.650. The average Bonchev–Trinajstić information content (AvgIpc) is 2.79. The summed E-state index contributed by atoms with van der Waals surface area (Å²) in [5.74, 6) is 0.692. The number of hydrogen-bond acceptors (Lipinski definition) is 5. The fourth-order valence-corrected chi connectivity index (χ4v) is 1.46. The fraction of sp³-hybridized carbons (Fsp3) is 0.400. The Morgan fingerprint density at radius 1 is 1.33 bits per heavy atom. The van der Waals surface area contributed by atoms with E-state index < -0.39 is 5.66 Å². The molecule has 0 spiro atoms. The lowest BCUT2D eigenvalue weighted by atomic mass is 9.98. The summed E-state index contributed by atoms with van der Waals surface area (Å²) < 4.78 is 5.03. The van der Waals surface area contributed by atoms with E-state index in [1.165, 1.54) is 0 Å². The Morgan fingerprint density at radius 3 is 2.53 bits per heavy atom. The highest BCUT2D eigenvalue weighted by atomic mass is 16.5. The first-order valence-electron chi connectivity index (χ1n) is 4.71. The Kier molecular flexibility index (Phi) is 2.45. The molecule has 5 heteroatoms. The van der Waals surface area contributed by atoms with Crippen LogP contribution >= 0.6 is 0 Å². The molecule has 0 aliphatic carbocycles. The molecule has 2 rings (SSSR count). The molecule has 0 amide bonds. The zero-order chi connectivity index (χ0) is 10.7. The van der Waals surface area contributed by atoms with Crippen molar-refractivity contribution in [1.29, 1.82) is 0 Å². The predicted molar refractivity (Wildman–Crippen MR) is 53.5 cm³/mol.